The number of ether oxygens (including phenoxy) is 1. The van der Waals surface area contributed by atoms with E-state index in [1.807, 2.05) is 11.9 Å². The van der Waals surface area contributed by atoms with Crippen molar-refractivity contribution in [1.29, 1.82) is 0 Å². The van der Waals surface area contributed by atoms with Crippen LogP contribution in [0.15, 0.2) is 37.1 Å². The summed E-state index contributed by atoms with van der Waals surface area (Å²) in [5, 5.41) is 3.24. The van der Waals surface area contributed by atoms with Crippen LogP contribution in [0.2, 0.25) is 0 Å². The average Bonchev–Trinajstić information content (AvgIpc) is 2.43. The number of likely N-dealkylation sites (tertiary alicyclic amines) is 1. The Bertz CT molecular complexity index is 329. The number of carbonyl (C=O) groups is 1. The standard InChI is InChI=1S/C14H22N2O2/c1-4-6-13(5-2)18-11-14(17)16-9-7-12(15-3)8-10-16/h4-6,12,15H,1-2,7-11H2,3H3/b13-6+. The number of carbonyl (C=O) groups excluding carboxylic acids is 1. The second-order valence-electron chi connectivity index (χ2n) is 4.24. The zero-order valence-corrected chi connectivity index (χ0v) is 11.0. The molecule has 1 aliphatic rings. The number of rotatable bonds is 6. The Morgan fingerprint density at radius 1 is 1.44 bits per heavy atom. The Morgan fingerprint density at radius 2 is 2.11 bits per heavy atom. The molecule has 1 heterocycles. The molecule has 4 heteroatoms. The predicted octanol–water partition coefficient (Wildman–Crippen LogP) is 1.47. The number of nitrogens with one attached hydrogen (secondary N) is 1. The first-order valence-electron chi connectivity index (χ1n) is 6.24. The fraction of sp³-hybridized carbons (Fsp3) is 0.500. The minimum atomic E-state index is 0.0290. The quantitative estimate of drug-likeness (QED) is 0.573. The van der Waals surface area contributed by atoms with E-state index in [0.717, 1.165) is 25.9 Å². The predicted molar refractivity (Wildman–Crippen MR) is 73.1 cm³/mol. The van der Waals surface area contributed by atoms with Crippen molar-refractivity contribution in [1.82, 2.24) is 10.2 Å². The molecule has 1 aliphatic heterocycles. The summed E-state index contributed by atoms with van der Waals surface area (Å²) in [7, 11) is 1.96. The number of hydrogen-bond donors (Lipinski definition) is 1. The molecule has 0 radical (unpaired) electrons. The highest BCUT2D eigenvalue weighted by molar-refractivity contribution is 5.77. The number of piperidine rings is 1. The fourth-order valence-corrected chi connectivity index (χ4v) is 1.95. The van der Waals surface area contributed by atoms with Crippen molar-refractivity contribution in [2.45, 2.75) is 18.9 Å². The van der Waals surface area contributed by atoms with E-state index in [2.05, 4.69) is 18.5 Å². The molecule has 1 saturated heterocycles. The van der Waals surface area contributed by atoms with Crippen LogP contribution in [0.25, 0.3) is 0 Å². The maximum atomic E-state index is 11.9. The van der Waals surface area contributed by atoms with E-state index in [4.69, 9.17) is 4.74 Å². The molecule has 1 fully saturated rings. The summed E-state index contributed by atoms with van der Waals surface area (Å²) < 4.78 is 5.36. The number of amides is 1. The smallest absolute Gasteiger partial charge is 0.260 e. The van der Waals surface area contributed by atoms with Gasteiger partial charge in [-0.3, -0.25) is 4.79 Å². The van der Waals surface area contributed by atoms with Gasteiger partial charge in [0.1, 0.15) is 5.76 Å². The Balaban J connectivity index is 2.35. The Labute approximate surface area is 109 Å². The molecular weight excluding hydrogens is 228 g/mol. The third-order valence-corrected chi connectivity index (χ3v) is 3.10. The lowest BCUT2D eigenvalue weighted by atomic mass is 10.1. The largest absolute Gasteiger partial charge is 0.484 e. The Kier molecular flexibility index (Phi) is 6.22. The molecule has 0 aromatic carbocycles. The van der Waals surface area contributed by atoms with Gasteiger partial charge in [0.25, 0.3) is 5.91 Å². The van der Waals surface area contributed by atoms with Gasteiger partial charge < -0.3 is 15.0 Å². The molecule has 1 amide bonds. The van der Waals surface area contributed by atoms with Crippen LogP contribution in [-0.4, -0.2) is 43.6 Å². The molecule has 0 atom stereocenters. The molecule has 0 aromatic rings. The highest BCUT2D eigenvalue weighted by atomic mass is 16.5. The molecule has 1 N–H and O–H groups in total. The number of hydrogen-bond acceptors (Lipinski definition) is 3. The second-order valence-corrected chi connectivity index (χ2v) is 4.24. The monoisotopic (exact) mass is 250 g/mol. The topological polar surface area (TPSA) is 41.6 Å². The van der Waals surface area contributed by atoms with Crippen molar-refractivity contribution in [2.24, 2.45) is 0 Å². The maximum Gasteiger partial charge on any atom is 0.260 e. The van der Waals surface area contributed by atoms with Crippen molar-refractivity contribution in [2.75, 3.05) is 26.7 Å². The minimum absolute atomic E-state index is 0.0290. The molecule has 100 valence electrons. The van der Waals surface area contributed by atoms with E-state index in [-0.39, 0.29) is 12.5 Å². The lowest BCUT2D eigenvalue weighted by Crippen LogP contribution is -2.45. The molecule has 1 rings (SSSR count). The van der Waals surface area contributed by atoms with Crippen LogP contribution < -0.4 is 5.32 Å². The average molecular weight is 250 g/mol. The van der Waals surface area contributed by atoms with Crippen LogP contribution in [0, 0.1) is 0 Å². The lowest BCUT2D eigenvalue weighted by molar-refractivity contribution is -0.135. The van der Waals surface area contributed by atoms with Crippen molar-refractivity contribution in [3.63, 3.8) is 0 Å². The van der Waals surface area contributed by atoms with Crippen LogP contribution in [0.4, 0.5) is 0 Å². The van der Waals surface area contributed by atoms with E-state index in [1.165, 1.54) is 0 Å². The molecule has 4 nitrogen and oxygen atoms in total. The summed E-state index contributed by atoms with van der Waals surface area (Å²) in [5.74, 6) is 0.602. The normalized spacial score (nSPS) is 17.4. The fourth-order valence-electron chi connectivity index (χ4n) is 1.95. The summed E-state index contributed by atoms with van der Waals surface area (Å²) in [6.07, 6.45) is 6.87. The molecular formula is C14H22N2O2. The van der Waals surface area contributed by atoms with E-state index >= 15 is 0 Å². The zero-order valence-electron chi connectivity index (χ0n) is 11.0. The molecule has 0 bridgehead atoms. The Hall–Kier alpha value is -1.55. The van der Waals surface area contributed by atoms with Crippen molar-refractivity contribution in [3.05, 3.63) is 37.1 Å². The van der Waals surface area contributed by atoms with Crippen LogP contribution in [-0.2, 0) is 9.53 Å². The summed E-state index contributed by atoms with van der Waals surface area (Å²) >= 11 is 0. The van der Waals surface area contributed by atoms with Gasteiger partial charge in [0.05, 0.1) is 0 Å². The number of allylic oxidation sites excluding steroid dienone is 3. The molecule has 0 aromatic heterocycles. The maximum absolute atomic E-state index is 11.9. The first-order chi connectivity index (χ1) is 8.71. The molecule has 0 unspecified atom stereocenters. The first kappa shape index (κ1) is 14.5. The summed E-state index contributed by atoms with van der Waals surface area (Å²) in [6, 6.07) is 0.527. The van der Waals surface area contributed by atoms with Gasteiger partial charge in [-0.05, 0) is 32.0 Å². The molecule has 18 heavy (non-hydrogen) atoms. The Morgan fingerprint density at radius 3 is 2.61 bits per heavy atom. The molecule has 0 aliphatic carbocycles. The van der Waals surface area contributed by atoms with E-state index in [9.17, 15) is 4.79 Å². The van der Waals surface area contributed by atoms with Gasteiger partial charge in [0.2, 0.25) is 0 Å². The zero-order chi connectivity index (χ0) is 13.4. The van der Waals surface area contributed by atoms with Gasteiger partial charge >= 0.3 is 0 Å². The van der Waals surface area contributed by atoms with Gasteiger partial charge in [-0.1, -0.05) is 19.2 Å². The van der Waals surface area contributed by atoms with Crippen LogP contribution in [0.5, 0.6) is 0 Å². The van der Waals surface area contributed by atoms with E-state index in [1.54, 1.807) is 18.2 Å². The highest BCUT2D eigenvalue weighted by Gasteiger charge is 2.21. The van der Waals surface area contributed by atoms with Crippen molar-refractivity contribution >= 4 is 5.91 Å². The first-order valence-corrected chi connectivity index (χ1v) is 6.24. The second kappa shape index (κ2) is 7.71. The summed E-state index contributed by atoms with van der Waals surface area (Å²) in [6.45, 7) is 8.85. The van der Waals surface area contributed by atoms with Gasteiger partial charge in [-0.15, -0.1) is 0 Å². The third kappa shape index (κ3) is 4.37. The van der Waals surface area contributed by atoms with Gasteiger partial charge in [-0.25, -0.2) is 0 Å². The van der Waals surface area contributed by atoms with E-state index < -0.39 is 0 Å². The van der Waals surface area contributed by atoms with Gasteiger partial charge in [0.15, 0.2) is 6.61 Å². The third-order valence-electron chi connectivity index (χ3n) is 3.10. The SMILES string of the molecule is C=C/C=C(\C=C)OCC(=O)N1CCC(NC)CC1. The van der Waals surface area contributed by atoms with Crippen LogP contribution in [0.1, 0.15) is 12.8 Å². The number of nitrogens with zero attached hydrogens (tertiary/aromatic N) is 1. The summed E-state index contributed by atoms with van der Waals surface area (Å²) in [5.41, 5.74) is 0. The van der Waals surface area contributed by atoms with Crippen LogP contribution >= 0.6 is 0 Å². The van der Waals surface area contributed by atoms with E-state index in [0.29, 0.717) is 11.8 Å². The molecule has 0 spiro atoms. The highest BCUT2D eigenvalue weighted by Crippen LogP contribution is 2.10. The van der Waals surface area contributed by atoms with Gasteiger partial charge in [-0.2, -0.15) is 0 Å². The minimum Gasteiger partial charge on any atom is -0.484 e. The van der Waals surface area contributed by atoms with Crippen LogP contribution in [0.3, 0.4) is 0 Å². The van der Waals surface area contributed by atoms with Gasteiger partial charge in [0, 0.05) is 19.1 Å². The lowest BCUT2D eigenvalue weighted by Gasteiger charge is -2.31. The van der Waals surface area contributed by atoms with Crippen molar-refractivity contribution < 1.29 is 9.53 Å². The molecule has 0 saturated carbocycles. The summed E-state index contributed by atoms with van der Waals surface area (Å²) in [4.78, 5) is 13.8. The van der Waals surface area contributed by atoms with Crippen molar-refractivity contribution in [3.8, 4) is 0 Å².